The second-order valence-corrected chi connectivity index (χ2v) is 23.6. The van der Waals surface area contributed by atoms with Crippen molar-refractivity contribution in [3.63, 3.8) is 0 Å². The summed E-state index contributed by atoms with van der Waals surface area (Å²) in [6.07, 6.45) is -0.286. The van der Waals surface area contributed by atoms with E-state index in [0.29, 0.717) is 0 Å². The molecule has 0 unspecified atom stereocenters. The molecule has 5 nitrogen and oxygen atoms in total. The monoisotopic (exact) mass is 356 g/mol. The van der Waals surface area contributed by atoms with E-state index in [2.05, 4.69) is 0 Å². The average Bonchev–Trinajstić information content (AvgIpc) is 1.86. The van der Waals surface area contributed by atoms with Crippen LogP contribution in [0.4, 0.5) is 0 Å². The molecule has 0 saturated carbocycles. The highest BCUT2D eigenvalue weighted by Crippen LogP contribution is 2.52. The van der Waals surface area contributed by atoms with Crippen LogP contribution >= 0.6 is 7.60 Å². The van der Waals surface area contributed by atoms with Gasteiger partial charge in [0.2, 0.25) is 8.32 Å². The third-order valence-electron chi connectivity index (χ3n) is 1.57. The van der Waals surface area contributed by atoms with Crippen LogP contribution in [0, 0.1) is 0 Å². The van der Waals surface area contributed by atoms with Gasteiger partial charge in [-0.3, -0.25) is 9.36 Å². The molecule has 9 heteroatoms. The van der Waals surface area contributed by atoms with E-state index in [9.17, 15) is 9.36 Å². The normalized spacial score (nSPS) is 14.2. The zero-order valence-electron chi connectivity index (χ0n) is 14.2. The molecule has 0 aromatic carbocycles. The minimum Gasteiger partial charge on any atom is -0.519 e. The number of hydrogen-bond acceptors (Lipinski definition) is 5. The number of hydrogen-bond donors (Lipinski definition) is 0. The van der Waals surface area contributed by atoms with Gasteiger partial charge in [-0.1, -0.05) is 0 Å². The summed E-state index contributed by atoms with van der Waals surface area (Å²) in [5.74, 6) is -0.482. The highest BCUT2D eigenvalue weighted by molar-refractivity contribution is 7.58. The van der Waals surface area contributed by atoms with Crippen molar-refractivity contribution in [1.82, 2.24) is 0 Å². The van der Waals surface area contributed by atoms with Gasteiger partial charge in [-0.25, -0.2) is 0 Å². The highest BCUT2D eigenvalue weighted by atomic mass is 31.2. The minimum atomic E-state index is -3.43. The number of carbonyl (C=O) groups excluding carboxylic acids is 1. The van der Waals surface area contributed by atoms with Gasteiger partial charge in [0.05, 0.1) is 0 Å². The second kappa shape index (κ2) is 6.58. The smallest absolute Gasteiger partial charge is 0.322 e. The quantitative estimate of drug-likeness (QED) is 0.504. The van der Waals surface area contributed by atoms with E-state index in [1.807, 2.05) is 58.9 Å². The number of carbonyl (C=O) groups is 1. The van der Waals surface area contributed by atoms with E-state index < -0.39 is 38.5 Å². The summed E-state index contributed by atoms with van der Waals surface area (Å²) >= 11 is 0. The molecule has 0 aliphatic carbocycles. The summed E-state index contributed by atoms with van der Waals surface area (Å²) in [6.45, 7) is 17.3. The predicted molar refractivity (Wildman–Crippen MR) is 90.8 cm³/mol. The first-order chi connectivity index (χ1) is 8.52. The third-order valence-corrected chi connectivity index (χ3v) is 9.66. The maximum atomic E-state index is 12.9. The molecule has 0 aliphatic heterocycles. The first-order valence-electron chi connectivity index (χ1n) is 6.74. The van der Waals surface area contributed by atoms with Crippen molar-refractivity contribution < 1.29 is 22.2 Å². The topological polar surface area (TPSA) is 61.8 Å². The largest absolute Gasteiger partial charge is 0.519 e. The van der Waals surface area contributed by atoms with Crippen molar-refractivity contribution in [3.8, 4) is 0 Å². The molecule has 0 atom stereocenters. The molecule has 0 rings (SSSR count). The predicted octanol–water partition coefficient (Wildman–Crippen LogP) is 4.26. The zero-order valence-corrected chi connectivity index (χ0v) is 18.1. The van der Waals surface area contributed by atoms with Crippen LogP contribution in [0.25, 0.3) is 0 Å². The van der Waals surface area contributed by atoms with E-state index in [1.165, 1.54) is 0 Å². The van der Waals surface area contributed by atoms with Gasteiger partial charge >= 0.3 is 13.6 Å². The molecule has 0 saturated heterocycles. The van der Waals surface area contributed by atoms with E-state index in [4.69, 9.17) is 12.9 Å². The molecule has 0 fully saturated rings. The highest BCUT2D eigenvalue weighted by Gasteiger charge is 2.39. The molecule has 0 N–H and O–H groups in total. The Morgan fingerprint density at radius 2 is 1.15 bits per heavy atom. The van der Waals surface area contributed by atoms with Crippen LogP contribution in [-0.4, -0.2) is 37.1 Å². The lowest BCUT2D eigenvalue weighted by molar-refractivity contribution is -0.132. The zero-order chi connectivity index (χ0) is 16.4. The van der Waals surface area contributed by atoms with Crippen molar-refractivity contribution in [2.75, 3.05) is 6.16 Å². The van der Waals surface area contributed by atoms with Gasteiger partial charge in [0.1, 0.15) is 6.16 Å². The van der Waals surface area contributed by atoms with E-state index >= 15 is 0 Å². The van der Waals surface area contributed by atoms with Crippen LogP contribution in [-0.2, 0) is 22.2 Å². The van der Waals surface area contributed by atoms with Crippen molar-refractivity contribution in [2.24, 2.45) is 0 Å². The Kier molecular flexibility index (Phi) is 6.67. The lowest BCUT2D eigenvalue weighted by Crippen LogP contribution is -2.34. The van der Waals surface area contributed by atoms with Gasteiger partial charge in [0, 0.05) is 0 Å². The van der Waals surface area contributed by atoms with Gasteiger partial charge in [-0.2, -0.15) is 0 Å². The van der Waals surface area contributed by atoms with Crippen LogP contribution < -0.4 is 0 Å². The lowest BCUT2D eigenvalue weighted by Gasteiger charge is -2.31. The fraction of sp³-hybridized carbons (Fsp3) is 0.909. The Hall–Kier alpha value is 0.271. The van der Waals surface area contributed by atoms with Crippen molar-refractivity contribution >= 4 is 38.5 Å². The van der Waals surface area contributed by atoms with Crippen LogP contribution in [0.2, 0.25) is 58.9 Å². The Labute approximate surface area is 126 Å². The first kappa shape index (κ1) is 20.3. The van der Waals surface area contributed by atoms with Gasteiger partial charge in [-0.05, 0) is 58.9 Å². The molecule has 0 aromatic rings. The van der Waals surface area contributed by atoms with Crippen LogP contribution in [0.5, 0.6) is 0 Å². The standard InChI is InChI=1S/C11H29O5PSi3/c1-18(2,3)14-11(12)10-17(13,15-19(4,5)6)16-20(7,8)9/h10H2,1-9H3. The molecule has 0 aromatic heterocycles. The molecule has 0 spiro atoms. The average molecular weight is 357 g/mol. The Balaban J connectivity index is 5.05. The summed E-state index contributed by atoms with van der Waals surface area (Å²) in [4.78, 5) is 12.0. The summed E-state index contributed by atoms with van der Waals surface area (Å²) in [5.41, 5.74) is 0. The van der Waals surface area contributed by atoms with E-state index in [0.717, 1.165) is 0 Å². The summed E-state index contributed by atoms with van der Waals surface area (Å²) in [7, 11) is -9.59. The molecule has 120 valence electrons. The second-order valence-electron chi connectivity index (χ2n) is 7.76. The van der Waals surface area contributed by atoms with Crippen molar-refractivity contribution in [2.45, 2.75) is 58.9 Å². The molecular formula is C11H29O5PSi3. The van der Waals surface area contributed by atoms with Crippen LogP contribution in [0.15, 0.2) is 0 Å². The molecular weight excluding hydrogens is 327 g/mol. The SMILES string of the molecule is C[Si](C)(C)OC(=O)CP(=O)(O[Si](C)(C)C)O[Si](C)(C)C. The van der Waals surface area contributed by atoms with Crippen LogP contribution in [0.3, 0.4) is 0 Å². The molecule has 0 radical (unpaired) electrons. The third kappa shape index (κ3) is 11.0. The van der Waals surface area contributed by atoms with Gasteiger partial charge < -0.3 is 12.9 Å². The van der Waals surface area contributed by atoms with Gasteiger partial charge in [0.15, 0.2) is 16.6 Å². The van der Waals surface area contributed by atoms with Gasteiger partial charge in [-0.15, -0.1) is 0 Å². The fourth-order valence-electron chi connectivity index (χ4n) is 1.45. The van der Waals surface area contributed by atoms with E-state index in [1.54, 1.807) is 0 Å². The van der Waals surface area contributed by atoms with Crippen molar-refractivity contribution in [1.29, 1.82) is 0 Å². The lowest BCUT2D eigenvalue weighted by atomic mass is 10.8. The molecule has 0 amide bonds. The van der Waals surface area contributed by atoms with Gasteiger partial charge in [0.25, 0.3) is 0 Å². The maximum Gasteiger partial charge on any atom is 0.322 e. The summed E-state index contributed by atoms with van der Waals surface area (Å²) < 4.78 is 29.7. The van der Waals surface area contributed by atoms with Crippen molar-refractivity contribution in [3.05, 3.63) is 0 Å². The molecule has 0 heterocycles. The Morgan fingerprint density at radius 3 is 1.40 bits per heavy atom. The Bertz CT molecular complexity index is 372. The summed E-state index contributed by atoms with van der Waals surface area (Å²) in [6, 6.07) is 0. The van der Waals surface area contributed by atoms with E-state index in [-0.39, 0.29) is 6.16 Å². The molecule has 0 bridgehead atoms. The van der Waals surface area contributed by atoms with Crippen LogP contribution in [0.1, 0.15) is 0 Å². The Morgan fingerprint density at radius 1 is 0.800 bits per heavy atom. The minimum absolute atomic E-state index is 0.286. The fourth-order valence-corrected chi connectivity index (χ4v) is 10.4. The first-order valence-corrected chi connectivity index (χ1v) is 18.7. The molecule has 0 aliphatic rings. The molecule has 20 heavy (non-hydrogen) atoms. The maximum absolute atomic E-state index is 12.9. The number of rotatable bonds is 7. The summed E-state index contributed by atoms with van der Waals surface area (Å²) in [5, 5.41) is 0.